The summed E-state index contributed by atoms with van der Waals surface area (Å²) in [7, 11) is 1.73. The quantitative estimate of drug-likeness (QED) is 0.752. The lowest BCUT2D eigenvalue weighted by Crippen LogP contribution is -2.37. The number of methoxy groups -OCH3 is 1. The second kappa shape index (κ2) is 6.38. The van der Waals surface area contributed by atoms with Crippen molar-refractivity contribution in [3.8, 4) is 0 Å². The number of nitrogens with zero attached hydrogens (tertiary/aromatic N) is 1. The molecule has 0 fully saturated rings. The molecule has 0 aliphatic heterocycles. The number of nitrogen functional groups attached to an aromatic ring is 1. The van der Waals surface area contributed by atoms with E-state index in [0.29, 0.717) is 12.6 Å². The van der Waals surface area contributed by atoms with E-state index in [1.807, 2.05) is 18.2 Å². The normalized spacial score (nSPS) is 12.4. The van der Waals surface area contributed by atoms with Gasteiger partial charge in [0.25, 0.3) is 0 Å². The van der Waals surface area contributed by atoms with Gasteiger partial charge in [0.05, 0.1) is 18.0 Å². The molecular formula is C13H22N2O. The maximum atomic E-state index is 6.00. The number of hydrogen-bond acceptors (Lipinski definition) is 3. The Bertz CT molecular complexity index is 315. The Balaban J connectivity index is 2.88. The highest BCUT2D eigenvalue weighted by atomic mass is 16.5. The van der Waals surface area contributed by atoms with Gasteiger partial charge in [-0.05, 0) is 25.5 Å². The van der Waals surface area contributed by atoms with E-state index in [9.17, 15) is 0 Å². The van der Waals surface area contributed by atoms with Crippen LogP contribution in [-0.2, 0) is 4.74 Å². The molecule has 0 aromatic heterocycles. The van der Waals surface area contributed by atoms with Gasteiger partial charge in [-0.1, -0.05) is 19.1 Å². The predicted octanol–water partition coefficient (Wildman–Crippen LogP) is 2.52. The van der Waals surface area contributed by atoms with Gasteiger partial charge in [0, 0.05) is 19.7 Å². The summed E-state index contributed by atoms with van der Waals surface area (Å²) in [6.45, 7) is 6.05. The summed E-state index contributed by atoms with van der Waals surface area (Å²) in [5, 5.41) is 0. The minimum absolute atomic E-state index is 0.342. The molecule has 1 rings (SSSR count). The van der Waals surface area contributed by atoms with Crippen molar-refractivity contribution in [3.05, 3.63) is 24.3 Å². The Morgan fingerprint density at radius 2 is 2.06 bits per heavy atom. The van der Waals surface area contributed by atoms with Crippen LogP contribution in [0.2, 0.25) is 0 Å². The molecule has 1 aromatic carbocycles. The predicted molar refractivity (Wildman–Crippen MR) is 69.8 cm³/mol. The Labute approximate surface area is 98.2 Å². The molecule has 1 unspecified atom stereocenters. The molecule has 0 bridgehead atoms. The van der Waals surface area contributed by atoms with Crippen molar-refractivity contribution in [2.45, 2.75) is 26.3 Å². The number of hydrogen-bond donors (Lipinski definition) is 1. The van der Waals surface area contributed by atoms with Crippen LogP contribution in [0, 0.1) is 0 Å². The molecule has 3 heteroatoms. The molecule has 0 heterocycles. The molecule has 0 amide bonds. The first-order valence-electron chi connectivity index (χ1n) is 5.80. The van der Waals surface area contributed by atoms with Crippen LogP contribution in [0.1, 0.15) is 20.3 Å². The van der Waals surface area contributed by atoms with Gasteiger partial charge in [-0.3, -0.25) is 0 Å². The maximum absolute atomic E-state index is 6.00. The van der Waals surface area contributed by atoms with Gasteiger partial charge in [-0.15, -0.1) is 0 Å². The largest absolute Gasteiger partial charge is 0.397 e. The van der Waals surface area contributed by atoms with Gasteiger partial charge in [-0.2, -0.15) is 0 Å². The monoisotopic (exact) mass is 222 g/mol. The molecule has 0 radical (unpaired) electrons. The van der Waals surface area contributed by atoms with Gasteiger partial charge in [0.1, 0.15) is 0 Å². The number of para-hydroxylation sites is 2. The van der Waals surface area contributed by atoms with Crippen molar-refractivity contribution in [2.24, 2.45) is 0 Å². The Morgan fingerprint density at radius 3 is 2.62 bits per heavy atom. The highest BCUT2D eigenvalue weighted by molar-refractivity contribution is 5.67. The third-order valence-corrected chi connectivity index (χ3v) is 2.65. The second-order valence-electron chi connectivity index (χ2n) is 4.06. The zero-order valence-corrected chi connectivity index (χ0v) is 10.4. The molecule has 2 N–H and O–H groups in total. The van der Waals surface area contributed by atoms with Gasteiger partial charge in [-0.25, -0.2) is 0 Å². The van der Waals surface area contributed by atoms with Crippen molar-refractivity contribution in [3.63, 3.8) is 0 Å². The molecule has 0 saturated carbocycles. The van der Waals surface area contributed by atoms with E-state index in [4.69, 9.17) is 10.5 Å². The summed E-state index contributed by atoms with van der Waals surface area (Å²) in [5.74, 6) is 0. The average Bonchev–Trinajstić information content (AvgIpc) is 2.27. The fraction of sp³-hybridized carbons (Fsp3) is 0.538. The summed E-state index contributed by atoms with van der Waals surface area (Å²) in [5.41, 5.74) is 7.94. The van der Waals surface area contributed by atoms with Crippen LogP contribution in [-0.4, -0.2) is 26.3 Å². The first-order chi connectivity index (χ1) is 7.70. The molecule has 0 aliphatic carbocycles. The van der Waals surface area contributed by atoms with E-state index in [1.165, 1.54) is 0 Å². The van der Waals surface area contributed by atoms with Gasteiger partial charge in [0.2, 0.25) is 0 Å². The van der Waals surface area contributed by atoms with E-state index in [2.05, 4.69) is 24.8 Å². The molecule has 1 atom stereocenters. The third-order valence-electron chi connectivity index (χ3n) is 2.65. The van der Waals surface area contributed by atoms with Crippen molar-refractivity contribution in [1.29, 1.82) is 0 Å². The summed E-state index contributed by atoms with van der Waals surface area (Å²) in [6.07, 6.45) is 1.10. The van der Waals surface area contributed by atoms with Crippen LogP contribution in [0.25, 0.3) is 0 Å². The Morgan fingerprint density at radius 1 is 1.38 bits per heavy atom. The lowest BCUT2D eigenvalue weighted by Gasteiger charge is -2.31. The first-order valence-corrected chi connectivity index (χ1v) is 5.80. The molecular weight excluding hydrogens is 200 g/mol. The fourth-order valence-corrected chi connectivity index (χ4v) is 1.90. The molecule has 0 spiro atoms. The van der Waals surface area contributed by atoms with Gasteiger partial charge < -0.3 is 15.4 Å². The fourth-order valence-electron chi connectivity index (χ4n) is 1.90. The SMILES string of the molecule is CCCN(c1ccccc1N)C(C)COC. The van der Waals surface area contributed by atoms with Gasteiger partial charge in [0.15, 0.2) is 0 Å². The highest BCUT2D eigenvalue weighted by Crippen LogP contribution is 2.24. The smallest absolute Gasteiger partial charge is 0.0663 e. The molecule has 0 aliphatic rings. The topological polar surface area (TPSA) is 38.5 Å². The van der Waals surface area contributed by atoms with Crippen molar-refractivity contribution >= 4 is 11.4 Å². The van der Waals surface area contributed by atoms with Crippen LogP contribution in [0.15, 0.2) is 24.3 Å². The number of rotatable bonds is 6. The average molecular weight is 222 g/mol. The minimum Gasteiger partial charge on any atom is -0.397 e. The number of nitrogens with two attached hydrogens (primary N) is 1. The van der Waals surface area contributed by atoms with Crippen LogP contribution in [0.5, 0.6) is 0 Å². The lowest BCUT2D eigenvalue weighted by molar-refractivity contribution is 0.181. The van der Waals surface area contributed by atoms with Gasteiger partial charge >= 0.3 is 0 Å². The van der Waals surface area contributed by atoms with Crippen molar-refractivity contribution in [1.82, 2.24) is 0 Å². The van der Waals surface area contributed by atoms with E-state index in [-0.39, 0.29) is 0 Å². The number of benzene rings is 1. The summed E-state index contributed by atoms with van der Waals surface area (Å²) in [4.78, 5) is 2.30. The van der Waals surface area contributed by atoms with Crippen LogP contribution in [0.4, 0.5) is 11.4 Å². The summed E-state index contributed by atoms with van der Waals surface area (Å²) < 4.78 is 5.21. The zero-order valence-electron chi connectivity index (χ0n) is 10.4. The third kappa shape index (κ3) is 3.14. The highest BCUT2D eigenvalue weighted by Gasteiger charge is 2.15. The molecule has 16 heavy (non-hydrogen) atoms. The van der Waals surface area contributed by atoms with Crippen molar-refractivity contribution in [2.75, 3.05) is 30.9 Å². The zero-order chi connectivity index (χ0) is 12.0. The molecule has 3 nitrogen and oxygen atoms in total. The number of ether oxygens (including phenoxy) is 1. The maximum Gasteiger partial charge on any atom is 0.0663 e. The molecule has 90 valence electrons. The second-order valence-corrected chi connectivity index (χ2v) is 4.06. The van der Waals surface area contributed by atoms with E-state index < -0.39 is 0 Å². The summed E-state index contributed by atoms with van der Waals surface area (Å²) in [6, 6.07) is 8.33. The van der Waals surface area contributed by atoms with Crippen LogP contribution < -0.4 is 10.6 Å². The van der Waals surface area contributed by atoms with Crippen molar-refractivity contribution < 1.29 is 4.74 Å². The van der Waals surface area contributed by atoms with E-state index in [0.717, 1.165) is 24.3 Å². The van der Waals surface area contributed by atoms with E-state index >= 15 is 0 Å². The Hall–Kier alpha value is -1.22. The minimum atomic E-state index is 0.342. The summed E-state index contributed by atoms with van der Waals surface area (Å²) >= 11 is 0. The molecule has 0 saturated heterocycles. The van der Waals surface area contributed by atoms with E-state index in [1.54, 1.807) is 7.11 Å². The number of anilines is 2. The molecule has 1 aromatic rings. The van der Waals surface area contributed by atoms with Crippen LogP contribution >= 0.6 is 0 Å². The lowest BCUT2D eigenvalue weighted by atomic mass is 10.2. The first kappa shape index (κ1) is 12.8. The van der Waals surface area contributed by atoms with Crippen LogP contribution in [0.3, 0.4) is 0 Å². The Kier molecular flexibility index (Phi) is 5.12. The standard InChI is InChI=1S/C13H22N2O/c1-4-9-15(11(2)10-16-3)13-8-6-5-7-12(13)14/h5-8,11H,4,9-10,14H2,1-3H3.